The van der Waals surface area contributed by atoms with Crippen molar-refractivity contribution in [3.63, 3.8) is 0 Å². The van der Waals surface area contributed by atoms with Crippen LogP contribution in [0, 0.1) is 0 Å². The molecule has 0 aliphatic heterocycles. The highest BCUT2D eigenvalue weighted by Gasteiger charge is 2.09. The molecule has 0 aliphatic rings. The standard InChI is InChI=1S/C19H18ClN3O3/c20-15-8-4-5-9-16(15)21-17(24)12-13-19(26)23-22-18(25)11-10-14-6-2-1-3-7-14/h1-11H,12-13H2,(H,21,24)(H,22,25)(H,23,26)/b11-10+. The molecule has 2 aromatic rings. The number of amides is 3. The third-order valence-electron chi connectivity index (χ3n) is 3.28. The van der Waals surface area contributed by atoms with E-state index in [4.69, 9.17) is 11.6 Å². The maximum atomic E-state index is 11.8. The second kappa shape index (κ2) is 10.0. The fourth-order valence-electron chi connectivity index (χ4n) is 1.97. The molecule has 0 bridgehead atoms. The van der Waals surface area contributed by atoms with Gasteiger partial charge in [0.15, 0.2) is 0 Å². The topological polar surface area (TPSA) is 87.3 Å². The van der Waals surface area contributed by atoms with E-state index in [1.807, 2.05) is 30.3 Å². The van der Waals surface area contributed by atoms with Gasteiger partial charge in [0.2, 0.25) is 11.8 Å². The van der Waals surface area contributed by atoms with Crippen molar-refractivity contribution in [2.24, 2.45) is 0 Å². The lowest BCUT2D eigenvalue weighted by molar-refractivity contribution is -0.128. The average molecular weight is 372 g/mol. The van der Waals surface area contributed by atoms with Gasteiger partial charge in [-0.25, -0.2) is 0 Å². The molecule has 0 fully saturated rings. The normalized spacial score (nSPS) is 10.3. The smallest absolute Gasteiger partial charge is 0.262 e. The quantitative estimate of drug-likeness (QED) is 0.539. The van der Waals surface area contributed by atoms with Crippen molar-refractivity contribution >= 4 is 41.1 Å². The third kappa shape index (κ3) is 6.78. The van der Waals surface area contributed by atoms with Crippen LogP contribution in [-0.4, -0.2) is 17.7 Å². The van der Waals surface area contributed by atoms with E-state index in [2.05, 4.69) is 16.2 Å². The average Bonchev–Trinajstić information content (AvgIpc) is 2.65. The third-order valence-corrected chi connectivity index (χ3v) is 3.61. The van der Waals surface area contributed by atoms with Crippen LogP contribution >= 0.6 is 11.6 Å². The van der Waals surface area contributed by atoms with Gasteiger partial charge in [0, 0.05) is 18.9 Å². The van der Waals surface area contributed by atoms with Crippen LogP contribution in [0.15, 0.2) is 60.7 Å². The molecule has 0 saturated heterocycles. The monoisotopic (exact) mass is 371 g/mol. The summed E-state index contributed by atoms with van der Waals surface area (Å²) in [5.74, 6) is -1.29. The van der Waals surface area contributed by atoms with Gasteiger partial charge in [0.25, 0.3) is 5.91 Å². The summed E-state index contributed by atoms with van der Waals surface area (Å²) >= 11 is 5.94. The van der Waals surface area contributed by atoms with Crippen LogP contribution in [0.4, 0.5) is 5.69 Å². The highest BCUT2D eigenvalue weighted by molar-refractivity contribution is 6.33. The summed E-state index contributed by atoms with van der Waals surface area (Å²) < 4.78 is 0. The molecule has 0 heterocycles. The second-order valence-electron chi connectivity index (χ2n) is 5.31. The summed E-state index contributed by atoms with van der Waals surface area (Å²) in [5.41, 5.74) is 5.86. The van der Waals surface area contributed by atoms with Crippen LogP contribution in [0.1, 0.15) is 18.4 Å². The molecular weight excluding hydrogens is 354 g/mol. The van der Waals surface area contributed by atoms with Crippen molar-refractivity contribution in [2.45, 2.75) is 12.8 Å². The maximum absolute atomic E-state index is 11.8. The van der Waals surface area contributed by atoms with Crippen molar-refractivity contribution in [1.82, 2.24) is 10.9 Å². The number of nitrogens with one attached hydrogen (secondary N) is 3. The minimum atomic E-state index is -0.472. The Kier molecular flexibility index (Phi) is 7.39. The van der Waals surface area contributed by atoms with Crippen LogP contribution < -0.4 is 16.2 Å². The predicted octanol–water partition coefficient (Wildman–Crippen LogP) is 2.92. The highest BCUT2D eigenvalue weighted by Crippen LogP contribution is 2.20. The Bertz CT molecular complexity index is 807. The molecule has 0 saturated carbocycles. The Morgan fingerprint density at radius 2 is 1.50 bits per heavy atom. The molecule has 0 spiro atoms. The van der Waals surface area contributed by atoms with E-state index in [1.54, 1.807) is 30.3 Å². The Labute approximate surface area is 156 Å². The van der Waals surface area contributed by atoms with Crippen LogP contribution in [0.2, 0.25) is 5.02 Å². The van der Waals surface area contributed by atoms with Crippen LogP contribution in [0.5, 0.6) is 0 Å². The molecule has 0 radical (unpaired) electrons. The van der Waals surface area contributed by atoms with Gasteiger partial charge >= 0.3 is 0 Å². The number of benzene rings is 2. The molecule has 7 heteroatoms. The first-order chi connectivity index (χ1) is 12.5. The molecular formula is C19H18ClN3O3. The van der Waals surface area contributed by atoms with Crippen molar-refractivity contribution in [3.05, 3.63) is 71.3 Å². The molecule has 0 atom stereocenters. The fourth-order valence-corrected chi connectivity index (χ4v) is 2.16. The van der Waals surface area contributed by atoms with Gasteiger partial charge < -0.3 is 5.32 Å². The number of hydrazine groups is 1. The lowest BCUT2D eigenvalue weighted by Gasteiger charge is -2.07. The lowest BCUT2D eigenvalue weighted by Crippen LogP contribution is -2.41. The zero-order valence-electron chi connectivity index (χ0n) is 13.9. The van der Waals surface area contributed by atoms with Gasteiger partial charge in [0.05, 0.1) is 10.7 Å². The molecule has 3 amide bonds. The minimum absolute atomic E-state index is 0.0349. The number of para-hydroxylation sites is 1. The van der Waals surface area contributed by atoms with Gasteiger partial charge in [-0.1, -0.05) is 54.1 Å². The van der Waals surface area contributed by atoms with Gasteiger partial charge in [-0.05, 0) is 23.8 Å². The van der Waals surface area contributed by atoms with Crippen LogP contribution in [0.3, 0.4) is 0 Å². The second-order valence-corrected chi connectivity index (χ2v) is 5.72. The van der Waals surface area contributed by atoms with E-state index in [0.717, 1.165) is 5.56 Å². The predicted molar refractivity (Wildman–Crippen MR) is 101 cm³/mol. The van der Waals surface area contributed by atoms with Crippen molar-refractivity contribution in [2.75, 3.05) is 5.32 Å². The molecule has 3 N–H and O–H groups in total. The SMILES string of the molecule is O=C(/C=C/c1ccccc1)NNC(=O)CCC(=O)Nc1ccccc1Cl. The van der Waals surface area contributed by atoms with E-state index in [1.165, 1.54) is 6.08 Å². The van der Waals surface area contributed by atoms with E-state index >= 15 is 0 Å². The highest BCUT2D eigenvalue weighted by atomic mass is 35.5. The first kappa shape index (κ1) is 19.2. The Morgan fingerprint density at radius 1 is 0.846 bits per heavy atom. The van der Waals surface area contributed by atoms with Crippen LogP contribution in [-0.2, 0) is 14.4 Å². The number of carbonyl (C=O) groups excluding carboxylic acids is 3. The number of carbonyl (C=O) groups is 3. The molecule has 2 rings (SSSR count). The molecule has 26 heavy (non-hydrogen) atoms. The Morgan fingerprint density at radius 3 is 2.23 bits per heavy atom. The molecule has 0 aromatic heterocycles. The first-order valence-electron chi connectivity index (χ1n) is 7.91. The van der Waals surface area contributed by atoms with Crippen molar-refractivity contribution in [1.29, 1.82) is 0 Å². The summed E-state index contributed by atoms with van der Waals surface area (Å²) in [7, 11) is 0. The number of hydrogen-bond acceptors (Lipinski definition) is 3. The summed E-state index contributed by atoms with van der Waals surface area (Å²) in [6, 6.07) is 16.1. The molecule has 0 unspecified atom stereocenters. The van der Waals surface area contributed by atoms with Gasteiger partial charge in [-0.15, -0.1) is 0 Å². The largest absolute Gasteiger partial charge is 0.325 e. The van der Waals surface area contributed by atoms with E-state index in [-0.39, 0.29) is 18.7 Å². The van der Waals surface area contributed by atoms with Gasteiger partial charge in [-0.3, -0.25) is 25.2 Å². The first-order valence-corrected chi connectivity index (χ1v) is 8.29. The zero-order valence-corrected chi connectivity index (χ0v) is 14.6. The van der Waals surface area contributed by atoms with E-state index in [9.17, 15) is 14.4 Å². The molecule has 134 valence electrons. The minimum Gasteiger partial charge on any atom is -0.325 e. The van der Waals surface area contributed by atoms with Crippen LogP contribution in [0.25, 0.3) is 6.08 Å². The number of halogens is 1. The van der Waals surface area contributed by atoms with Crippen molar-refractivity contribution in [3.8, 4) is 0 Å². The number of anilines is 1. The summed E-state index contributed by atoms with van der Waals surface area (Å²) in [4.78, 5) is 35.1. The van der Waals surface area contributed by atoms with Crippen molar-refractivity contribution < 1.29 is 14.4 Å². The maximum Gasteiger partial charge on any atom is 0.262 e. The Balaban J connectivity index is 1.68. The van der Waals surface area contributed by atoms with Gasteiger partial charge in [0.1, 0.15) is 0 Å². The fraction of sp³-hybridized carbons (Fsp3) is 0.105. The van der Waals surface area contributed by atoms with E-state index in [0.29, 0.717) is 10.7 Å². The molecule has 2 aromatic carbocycles. The number of hydrogen-bond donors (Lipinski definition) is 3. The molecule has 6 nitrogen and oxygen atoms in total. The zero-order chi connectivity index (χ0) is 18.8. The van der Waals surface area contributed by atoms with Gasteiger partial charge in [-0.2, -0.15) is 0 Å². The summed E-state index contributed by atoms with van der Waals surface area (Å²) in [5, 5.41) is 3.04. The van der Waals surface area contributed by atoms with E-state index < -0.39 is 11.8 Å². The summed E-state index contributed by atoms with van der Waals surface area (Å²) in [6.45, 7) is 0. The Hall–Kier alpha value is -3.12. The summed E-state index contributed by atoms with van der Waals surface area (Å²) in [6.07, 6.45) is 2.82. The molecule has 0 aliphatic carbocycles. The lowest BCUT2D eigenvalue weighted by atomic mass is 10.2. The number of rotatable bonds is 6.